The number of hydrogen-bond donors (Lipinski definition) is 3. The van der Waals surface area contributed by atoms with E-state index in [9.17, 15) is 27.5 Å². The topological polar surface area (TPSA) is 87.1 Å². The lowest BCUT2D eigenvalue weighted by molar-refractivity contribution is -0.252. The van der Waals surface area contributed by atoms with Gasteiger partial charge >= 0.3 is 6.18 Å². The Labute approximate surface area is 175 Å². The third kappa shape index (κ3) is 5.66. The quantitative estimate of drug-likeness (QED) is 0.486. The molecule has 3 rings (SSSR count). The second kappa shape index (κ2) is 8.84. The van der Waals surface area contributed by atoms with Gasteiger partial charge in [-0.1, -0.05) is 12.1 Å². The first kappa shape index (κ1) is 22.4. The molecule has 1 unspecified atom stereocenters. The summed E-state index contributed by atoms with van der Waals surface area (Å²) in [5.41, 5.74) is -1.27. The van der Waals surface area contributed by atoms with Crippen LogP contribution in [0.5, 0.6) is 0 Å². The second-order valence-electron chi connectivity index (χ2n) is 7.25. The van der Waals surface area contributed by atoms with Crippen LogP contribution in [0.25, 0.3) is 10.9 Å². The summed E-state index contributed by atoms with van der Waals surface area (Å²) in [5, 5.41) is 15.4. The minimum atomic E-state index is -4.90. The fraction of sp³-hybridized carbons (Fsp3) is 0.286. The number of halogens is 4. The summed E-state index contributed by atoms with van der Waals surface area (Å²) in [4.78, 5) is 20.0. The summed E-state index contributed by atoms with van der Waals surface area (Å²) < 4.78 is 51.5. The van der Waals surface area contributed by atoms with Gasteiger partial charge in [0.25, 0.3) is 0 Å². The first-order valence-corrected chi connectivity index (χ1v) is 9.37. The highest BCUT2D eigenvalue weighted by Crippen LogP contribution is 2.32. The summed E-state index contributed by atoms with van der Waals surface area (Å²) in [6.07, 6.45) is -4.04. The molecule has 0 aliphatic carbocycles. The van der Waals surface area contributed by atoms with Crippen LogP contribution in [-0.4, -0.2) is 39.3 Å². The van der Waals surface area contributed by atoms with Gasteiger partial charge in [0, 0.05) is 17.6 Å². The van der Waals surface area contributed by atoms with Crippen LogP contribution in [0.4, 0.5) is 29.1 Å². The Bertz CT molecular complexity index is 1070. The standard InChI is InChI=1S/C21H20F4N4O2/c1-20(31,21(23,24)25)11-18(30)29-15-5-2-13(3-6-15)8-9-26-19-16-10-14(22)4-7-17(16)27-12-28-19/h2-7,10,12,31H,8-9,11H2,1H3,(H,29,30)(H,26,27,28). The van der Waals surface area contributed by atoms with Gasteiger partial charge in [-0.15, -0.1) is 0 Å². The highest BCUT2D eigenvalue weighted by atomic mass is 19.4. The van der Waals surface area contributed by atoms with Crippen molar-refractivity contribution in [2.45, 2.75) is 31.5 Å². The Morgan fingerprint density at radius 2 is 1.81 bits per heavy atom. The van der Waals surface area contributed by atoms with E-state index in [1.54, 1.807) is 30.3 Å². The van der Waals surface area contributed by atoms with E-state index in [0.29, 0.717) is 42.3 Å². The van der Waals surface area contributed by atoms with Gasteiger partial charge < -0.3 is 15.7 Å². The number of anilines is 2. The third-order valence-electron chi connectivity index (χ3n) is 4.66. The number of nitrogens with zero attached hydrogens (tertiary/aromatic N) is 2. The lowest BCUT2D eigenvalue weighted by Gasteiger charge is -2.25. The lowest BCUT2D eigenvalue weighted by atomic mass is 10.0. The Balaban J connectivity index is 1.55. The minimum Gasteiger partial charge on any atom is -0.380 e. The molecule has 31 heavy (non-hydrogen) atoms. The van der Waals surface area contributed by atoms with Crippen LogP contribution < -0.4 is 10.6 Å². The minimum absolute atomic E-state index is 0.317. The molecule has 0 fully saturated rings. The van der Waals surface area contributed by atoms with Gasteiger partial charge in [0.15, 0.2) is 5.60 Å². The first-order chi connectivity index (χ1) is 14.5. The summed E-state index contributed by atoms with van der Waals surface area (Å²) in [6, 6.07) is 10.8. The Hall–Kier alpha value is -3.27. The van der Waals surface area contributed by atoms with Crippen molar-refractivity contribution < 1.29 is 27.5 Å². The fourth-order valence-electron chi connectivity index (χ4n) is 2.87. The Morgan fingerprint density at radius 1 is 1.10 bits per heavy atom. The summed E-state index contributed by atoms with van der Waals surface area (Å²) >= 11 is 0. The van der Waals surface area contributed by atoms with Crippen LogP contribution in [0.2, 0.25) is 0 Å². The number of aliphatic hydroxyl groups is 1. The van der Waals surface area contributed by atoms with Crippen LogP contribution in [0, 0.1) is 5.82 Å². The molecule has 3 aromatic rings. The molecule has 0 spiro atoms. The number of amides is 1. The maximum Gasteiger partial charge on any atom is 0.417 e. The van der Waals surface area contributed by atoms with Crippen molar-refractivity contribution in [3.63, 3.8) is 0 Å². The Morgan fingerprint density at radius 3 is 2.48 bits per heavy atom. The van der Waals surface area contributed by atoms with E-state index in [4.69, 9.17) is 0 Å². The predicted octanol–water partition coefficient (Wildman–Crippen LogP) is 4.07. The predicted molar refractivity (Wildman–Crippen MR) is 108 cm³/mol. The molecule has 2 aromatic carbocycles. The zero-order valence-electron chi connectivity index (χ0n) is 16.5. The third-order valence-corrected chi connectivity index (χ3v) is 4.66. The molecule has 0 saturated carbocycles. The van der Waals surface area contributed by atoms with Crippen molar-refractivity contribution in [2.75, 3.05) is 17.2 Å². The molecule has 6 nitrogen and oxygen atoms in total. The van der Waals surface area contributed by atoms with E-state index >= 15 is 0 Å². The van der Waals surface area contributed by atoms with Gasteiger partial charge in [-0.2, -0.15) is 13.2 Å². The molecule has 0 aliphatic rings. The van der Waals surface area contributed by atoms with Crippen LogP contribution in [-0.2, 0) is 11.2 Å². The molecule has 1 atom stereocenters. The molecule has 3 N–H and O–H groups in total. The average molecular weight is 436 g/mol. The van der Waals surface area contributed by atoms with Crippen molar-refractivity contribution in [2.24, 2.45) is 0 Å². The molecule has 1 amide bonds. The molecule has 164 valence electrons. The summed E-state index contributed by atoms with van der Waals surface area (Å²) in [7, 11) is 0. The van der Waals surface area contributed by atoms with Crippen molar-refractivity contribution in [3.8, 4) is 0 Å². The molecule has 0 radical (unpaired) electrons. The van der Waals surface area contributed by atoms with Crippen LogP contribution in [0.15, 0.2) is 48.8 Å². The smallest absolute Gasteiger partial charge is 0.380 e. The number of benzene rings is 2. The van der Waals surface area contributed by atoms with Crippen LogP contribution in [0.1, 0.15) is 18.9 Å². The molecule has 0 bridgehead atoms. The van der Waals surface area contributed by atoms with E-state index in [-0.39, 0.29) is 5.82 Å². The van der Waals surface area contributed by atoms with E-state index in [1.807, 2.05) is 0 Å². The van der Waals surface area contributed by atoms with Gasteiger partial charge in [0.1, 0.15) is 18.0 Å². The number of carbonyl (C=O) groups is 1. The number of carbonyl (C=O) groups excluding carboxylic acids is 1. The normalized spacial score (nSPS) is 13.6. The number of alkyl halides is 3. The molecule has 0 saturated heterocycles. The van der Waals surface area contributed by atoms with Crippen molar-refractivity contribution in [3.05, 3.63) is 60.2 Å². The van der Waals surface area contributed by atoms with E-state index in [0.717, 1.165) is 5.56 Å². The van der Waals surface area contributed by atoms with Crippen molar-refractivity contribution in [1.29, 1.82) is 0 Å². The van der Waals surface area contributed by atoms with Crippen LogP contribution in [0.3, 0.4) is 0 Å². The monoisotopic (exact) mass is 436 g/mol. The zero-order chi connectivity index (χ0) is 22.6. The molecular formula is C21H20F4N4O2. The van der Waals surface area contributed by atoms with Gasteiger partial charge in [0.05, 0.1) is 11.9 Å². The van der Waals surface area contributed by atoms with Gasteiger partial charge in [-0.3, -0.25) is 4.79 Å². The second-order valence-corrected chi connectivity index (χ2v) is 7.25. The van der Waals surface area contributed by atoms with E-state index < -0.39 is 24.1 Å². The summed E-state index contributed by atoms with van der Waals surface area (Å²) in [5.74, 6) is -0.829. The SMILES string of the molecule is CC(O)(CC(=O)Nc1ccc(CCNc2ncnc3ccc(F)cc23)cc1)C(F)(F)F. The van der Waals surface area contributed by atoms with Gasteiger partial charge in [-0.25, -0.2) is 14.4 Å². The first-order valence-electron chi connectivity index (χ1n) is 9.37. The van der Waals surface area contributed by atoms with Gasteiger partial charge in [-0.05, 0) is 49.2 Å². The van der Waals surface area contributed by atoms with Crippen molar-refractivity contribution in [1.82, 2.24) is 9.97 Å². The summed E-state index contributed by atoms with van der Waals surface area (Å²) in [6.45, 7) is 1.04. The number of aromatic nitrogens is 2. The fourth-order valence-corrected chi connectivity index (χ4v) is 2.87. The molecule has 1 heterocycles. The maximum absolute atomic E-state index is 13.5. The highest BCUT2D eigenvalue weighted by Gasteiger charge is 2.50. The van der Waals surface area contributed by atoms with Crippen molar-refractivity contribution >= 4 is 28.3 Å². The zero-order valence-corrected chi connectivity index (χ0v) is 16.5. The number of fused-ring (bicyclic) bond motifs is 1. The molecule has 10 heteroatoms. The average Bonchev–Trinajstić information content (AvgIpc) is 2.68. The van der Waals surface area contributed by atoms with Gasteiger partial charge in [0.2, 0.25) is 5.91 Å². The lowest BCUT2D eigenvalue weighted by Crippen LogP contribution is -2.44. The largest absolute Gasteiger partial charge is 0.417 e. The molecular weight excluding hydrogens is 416 g/mol. The van der Waals surface area contributed by atoms with E-state index in [2.05, 4.69) is 20.6 Å². The number of nitrogens with one attached hydrogen (secondary N) is 2. The molecule has 0 aliphatic heterocycles. The Kier molecular flexibility index (Phi) is 6.40. The van der Waals surface area contributed by atoms with Crippen LogP contribution >= 0.6 is 0 Å². The van der Waals surface area contributed by atoms with E-state index in [1.165, 1.54) is 18.5 Å². The maximum atomic E-state index is 13.5. The highest BCUT2D eigenvalue weighted by molar-refractivity contribution is 5.91. The number of rotatable bonds is 7. The number of hydrogen-bond acceptors (Lipinski definition) is 5. The molecule has 1 aromatic heterocycles.